The minimum absolute atomic E-state index is 0.00516. The fraction of sp³-hybridized carbons (Fsp3) is 0.214. The third-order valence-electron chi connectivity index (χ3n) is 2.87. The van der Waals surface area contributed by atoms with Crippen molar-refractivity contribution in [2.75, 3.05) is 12.4 Å². The van der Waals surface area contributed by atoms with E-state index in [1.165, 1.54) is 12.3 Å². The maximum Gasteiger partial charge on any atom is 0.287 e. The summed E-state index contributed by atoms with van der Waals surface area (Å²) in [5.74, 6) is 1.43. The SMILES string of the molecule is COc1cccc(CNc2ncc([N+](=O)[O-])cc2C)c1. The Balaban J connectivity index is 2.08. The number of benzene rings is 1. The Morgan fingerprint density at radius 2 is 2.20 bits per heavy atom. The summed E-state index contributed by atoms with van der Waals surface area (Å²) in [5, 5.41) is 13.8. The first kappa shape index (κ1) is 13.8. The van der Waals surface area contributed by atoms with Gasteiger partial charge >= 0.3 is 0 Å². The summed E-state index contributed by atoms with van der Waals surface area (Å²) in [4.78, 5) is 14.3. The lowest BCUT2D eigenvalue weighted by atomic mass is 10.2. The van der Waals surface area contributed by atoms with Gasteiger partial charge in [0, 0.05) is 12.6 Å². The van der Waals surface area contributed by atoms with Crippen molar-refractivity contribution in [1.82, 2.24) is 4.98 Å². The fourth-order valence-corrected chi connectivity index (χ4v) is 1.81. The number of nitro groups is 1. The number of hydrogen-bond donors (Lipinski definition) is 1. The van der Waals surface area contributed by atoms with Crippen LogP contribution in [0.3, 0.4) is 0 Å². The molecule has 1 aromatic carbocycles. The van der Waals surface area contributed by atoms with Crippen molar-refractivity contribution in [2.24, 2.45) is 0 Å². The van der Waals surface area contributed by atoms with Crippen LogP contribution >= 0.6 is 0 Å². The molecule has 0 saturated heterocycles. The molecular weight excluding hydrogens is 258 g/mol. The van der Waals surface area contributed by atoms with Gasteiger partial charge in [0.15, 0.2) is 0 Å². The van der Waals surface area contributed by atoms with Crippen molar-refractivity contribution in [3.05, 3.63) is 57.8 Å². The number of aromatic nitrogens is 1. The molecule has 0 aliphatic rings. The predicted molar refractivity (Wildman–Crippen MR) is 75.9 cm³/mol. The van der Waals surface area contributed by atoms with Gasteiger partial charge < -0.3 is 10.1 Å². The van der Waals surface area contributed by atoms with Gasteiger partial charge in [0.1, 0.15) is 17.8 Å². The van der Waals surface area contributed by atoms with Crippen LogP contribution in [0.1, 0.15) is 11.1 Å². The third kappa shape index (κ3) is 3.23. The Labute approximate surface area is 116 Å². The van der Waals surface area contributed by atoms with Crippen molar-refractivity contribution < 1.29 is 9.66 Å². The summed E-state index contributed by atoms with van der Waals surface area (Å²) in [6.07, 6.45) is 1.25. The average Bonchev–Trinajstić information content (AvgIpc) is 2.46. The molecule has 0 fully saturated rings. The van der Waals surface area contributed by atoms with Crippen LogP contribution in [-0.2, 0) is 6.54 Å². The Hall–Kier alpha value is -2.63. The molecule has 0 unspecified atom stereocenters. The largest absolute Gasteiger partial charge is 0.497 e. The van der Waals surface area contributed by atoms with Gasteiger partial charge in [0.05, 0.1) is 12.0 Å². The molecule has 6 nitrogen and oxygen atoms in total. The molecule has 2 aromatic rings. The van der Waals surface area contributed by atoms with Crippen LogP contribution < -0.4 is 10.1 Å². The van der Waals surface area contributed by atoms with Crippen LogP contribution in [0.15, 0.2) is 36.5 Å². The Morgan fingerprint density at radius 1 is 1.40 bits per heavy atom. The maximum absolute atomic E-state index is 10.6. The number of aryl methyl sites for hydroxylation is 1. The number of rotatable bonds is 5. The molecule has 1 heterocycles. The average molecular weight is 273 g/mol. The van der Waals surface area contributed by atoms with Crippen LogP contribution in [0.2, 0.25) is 0 Å². The van der Waals surface area contributed by atoms with Gasteiger partial charge in [-0.3, -0.25) is 10.1 Å². The quantitative estimate of drug-likeness (QED) is 0.669. The van der Waals surface area contributed by atoms with E-state index in [2.05, 4.69) is 10.3 Å². The van der Waals surface area contributed by atoms with Crippen molar-refractivity contribution in [3.63, 3.8) is 0 Å². The van der Waals surface area contributed by atoms with Gasteiger partial charge in [-0.15, -0.1) is 0 Å². The number of nitrogens with zero attached hydrogens (tertiary/aromatic N) is 2. The Kier molecular flexibility index (Phi) is 4.14. The zero-order valence-corrected chi connectivity index (χ0v) is 11.3. The van der Waals surface area contributed by atoms with Crippen molar-refractivity contribution in [3.8, 4) is 5.75 Å². The van der Waals surface area contributed by atoms with Crippen molar-refractivity contribution in [2.45, 2.75) is 13.5 Å². The van der Waals surface area contributed by atoms with E-state index in [0.29, 0.717) is 12.4 Å². The summed E-state index contributed by atoms with van der Waals surface area (Å²) in [7, 11) is 1.62. The van der Waals surface area contributed by atoms with E-state index in [9.17, 15) is 10.1 Å². The smallest absolute Gasteiger partial charge is 0.287 e. The topological polar surface area (TPSA) is 77.3 Å². The molecule has 0 aliphatic heterocycles. The van der Waals surface area contributed by atoms with Gasteiger partial charge in [-0.25, -0.2) is 4.98 Å². The minimum atomic E-state index is -0.453. The molecule has 0 radical (unpaired) electrons. The summed E-state index contributed by atoms with van der Waals surface area (Å²) in [5.41, 5.74) is 1.78. The number of methoxy groups -OCH3 is 1. The minimum Gasteiger partial charge on any atom is -0.497 e. The van der Waals surface area contributed by atoms with Crippen LogP contribution in [0.4, 0.5) is 11.5 Å². The molecule has 1 N–H and O–H groups in total. The van der Waals surface area contributed by atoms with Crippen LogP contribution in [0.25, 0.3) is 0 Å². The Morgan fingerprint density at radius 3 is 2.85 bits per heavy atom. The van der Waals surface area contributed by atoms with E-state index in [1.54, 1.807) is 14.0 Å². The van der Waals surface area contributed by atoms with Gasteiger partial charge in [-0.1, -0.05) is 12.1 Å². The second-order valence-electron chi connectivity index (χ2n) is 4.32. The molecular formula is C14H15N3O3. The highest BCUT2D eigenvalue weighted by molar-refractivity contribution is 5.48. The molecule has 0 atom stereocenters. The van der Waals surface area contributed by atoms with Crippen LogP contribution in [-0.4, -0.2) is 17.0 Å². The lowest BCUT2D eigenvalue weighted by molar-refractivity contribution is -0.385. The van der Waals surface area contributed by atoms with Gasteiger partial charge in [-0.05, 0) is 30.2 Å². The van der Waals surface area contributed by atoms with Crippen LogP contribution in [0, 0.1) is 17.0 Å². The summed E-state index contributed by atoms with van der Waals surface area (Å²) < 4.78 is 5.15. The monoisotopic (exact) mass is 273 g/mol. The van der Waals surface area contributed by atoms with E-state index in [-0.39, 0.29) is 5.69 Å². The molecule has 0 bridgehead atoms. The Bertz CT molecular complexity index is 629. The number of ether oxygens (including phenoxy) is 1. The highest BCUT2D eigenvalue weighted by Crippen LogP contribution is 2.19. The second kappa shape index (κ2) is 6.01. The summed E-state index contributed by atoms with van der Waals surface area (Å²) >= 11 is 0. The number of nitrogens with one attached hydrogen (secondary N) is 1. The standard InChI is InChI=1S/C14H15N3O3/c1-10-6-12(17(18)19)9-16-14(10)15-8-11-4-3-5-13(7-11)20-2/h3-7,9H,8H2,1-2H3,(H,15,16). The number of hydrogen-bond acceptors (Lipinski definition) is 5. The lowest BCUT2D eigenvalue weighted by Gasteiger charge is -2.09. The predicted octanol–water partition coefficient (Wildman–Crippen LogP) is 2.92. The first-order valence-corrected chi connectivity index (χ1v) is 6.08. The second-order valence-corrected chi connectivity index (χ2v) is 4.32. The summed E-state index contributed by atoms with van der Waals surface area (Å²) in [6.45, 7) is 2.36. The molecule has 104 valence electrons. The molecule has 0 saturated carbocycles. The van der Waals surface area contributed by atoms with E-state index in [4.69, 9.17) is 4.74 Å². The van der Waals surface area contributed by atoms with Crippen molar-refractivity contribution in [1.29, 1.82) is 0 Å². The highest BCUT2D eigenvalue weighted by atomic mass is 16.6. The van der Waals surface area contributed by atoms with E-state index < -0.39 is 4.92 Å². The van der Waals surface area contributed by atoms with Crippen molar-refractivity contribution >= 4 is 11.5 Å². The number of pyridine rings is 1. The van der Waals surface area contributed by atoms with Gasteiger partial charge in [0.2, 0.25) is 0 Å². The molecule has 0 aliphatic carbocycles. The molecule has 1 aromatic heterocycles. The van der Waals surface area contributed by atoms with Gasteiger partial charge in [-0.2, -0.15) is 0 Å². The zero-order chi connectivity index (χ0) is 14.5. The van der Waals surface area contributed by atoms with E-state index in [0.717, 1.165) is 16.9 Å². The molecule has 0 spiro atoms. The lowest BCUT2D eigenvalue weighted by Crippen LogP contribution is -2.04. The normalized spacial score (nSPS) is 10.1. The molecule has 6 heteroatoms. The third-order valence-corrected chi connectivity index (χ3v) is 2.87. The number of anilines is 1. The first-order valence-electron chi connectivity index (χ1n) is 6.08. The maximum atomic E-state index is 10.6. The first-order chi connectivity index (χ1) is 9.60. The van der Waals surface area contributed by atoms with Crippen LogP contribution in [0.5, 0.6) is 5.75 Å². The highest BCUT2D eigenvalue weighted by Gasteiger charge is 2.09. The molecule has 20 heavy (non-hydrogen) atoms. The fourth-order valence-electron chi connectivity index (χ4n) is 1.81. The van der Waals surface area contributed by atoms with Gasteiger partial charge in [0.25, 0.3) is 5.69 Å². The molecule has 2 rings (SSSR count). The summed E-state index contributed by atoms with van der Waals surface area (Å²) in [6, 6.07) is 9.18. The zero-order valence-electron chi connectivity index (χ0n) is 11.3. The van der Waals surface area contributed by atoms with E-state index in [1.807, 2.05) is 24.3 Å². The molecule has 0 amide bonds. The van der Waals surface area contributed by atoms with E-state index >= 15 is 0 Å².